The summed E-state index contributed by atoms with van der Waals surface area (Å²) in [5.74, 6) is 0.451. The van der Waals surface area contributed by atoms with Crippen LogP contribution in [0, 0.1) is 11.3 Å². The topological polar surface area (TPSA) is 49.5 Å². The molecule has 0 aromatic heterocycles. The van der Waals surface area contributed by atoms with Gasteiger partial charge < -0.3 is 15.7 Å². The molecule has 15 heavy (non-hydrogen) atoms. The highest BCUT2D eigenvalue weighted by Gasteiger charge is 2.29. The van der Waals surface area contributed by atoms with E-state index >= 15 is 0 Å². The molecular weight excluding hydrogens is 188 g/mol. The normalized spacial score (nSPS) is 32.6. The van der Waals surface area contributed by atoms with Gasteiger partial charge in [-0.1, -0.05) is 20.8 Å². The first-order chi connectivity index (χ1) is 7.00. The Balaban J connectivity index is 2.45. The van der Waals surface area contributed by atoms with Gasteiger partial charge in [-0.15, -0.1) is 0 Å². The van der Waals surface area contributed by atoms with E-state index in [1.165, 1.54) is 0 Å². The van der Waals surface area contributed by atoms with E-state index in [9.17, 15) is 5.11 Å². The average Bonchev–Trinajstić information content (AvgIpc) is 2.23. The van der Waals surface area contributed by atoms with Gasteiger partial charge in [0.2, 0.25) is 0 Å². The van der Waals surface area contributed by atoms with Crippen LogP contribution in [0.4, 0.5) is 0 Å². The number of aliphatic hydroxyl groups excluding tert-OH is 1. The van der Waals surface area contributed by atoms with Crippen LogP contribution in [0.5, 0.6) is 0 Å². The monoisotopic (exact) mass is 214 g/mol. The van der Waals surface area contributed by atoms with Crippen LogP contribution in [0.1, 0.15) is 33.6 Å². The van der Waals surface area contributed by atoms with Crippen LogP contribution in [-0.4, -0.2) is 42.3 Å². The lowest BCUT2D eigenvalue weighted by atomic mass is 9.85. The molecule has 90 valence electrons. The Morgan fingerprint density at radius 2 is 2.20 bits per heavy atom. The smallest absolute Gasteiger partial charge is 0.0693 e. The van der Waals surface area contributed by atoms with Crippen molar-refractivity contribution in [1.82, 2.24) is 4.90 Å². The Morgan fingerprint density at radius 3 is 2.67 bits per heavy atom. The minimum atomic E-state index is -0.155. The first-order valence-corrected chi connectivity index (χ1v) is 6.11. The lowest BCUT2D eigenvalue weighted by molar-refractivity contribution is 0.0127. The molecule has 0 aliphatic carbocycles. The molecule has 0 aromatic carbocycles. The Morgan fingerprint density at radius 1 is 1.53 bits per heavy atom. The van der Waals surface area contributed by atoms with Crippen LogP contribution >= 0.6 is 0 Å². The summed E-state index contributed by atoms with van der Waals surface area (Å²) < 4.78 is 0. The molecule has 1 fully saturated rings. The minimum Gasteiger partial charge on any atom is -0.392 e. The van der Waals surface area contributed by atoms with Gasteiger partial charge in [-0.3, -0.25) is 0 Å². The zero-order valence-corrected chi connectivity index (χ0v) is 10.4. The average molecular weight is 214 g/mol. The van der Waals surface area contributed by atoms with Crippen LogP contribution in [0.3, 0.4) is 0 Å². The van der Waals surface area contributed by atoms with Crippen molar-refractivity contribution in [2.45, 2.75) is 39.7 Å². The number of piperidine rings is 1. The standard InChI is InChI=1S/C12H26N2O/c1-4-12(3,8-13)9-14-6-5-10(2)11(15)7-14/h10-11,15H,4-9,13H2,1-3H3. The van der Waals surface area contributed by atoms with E-state index in [0.29, 0.717) is 5.92 Å². The predicted molar refractivity (Wildman–Crippen MR) is 63.7 cm³/mol. The van der Waals surface area contributed by atoms with Crippen LogP contribution in [0.25, 0.3) is 0 Å². The Labute approximate surface area is 93.6 Å². The molecule has 1 saturated heterocycles. The van der Waals surface area contributed by atoms with Gasteiger partial charge >= 0.3 is 0 Å². The third-order valence-electron chi connectivity index (χ3n) is 3.95. The summed E-state index contributed by atoms with van der Waals surface area (Å²) in [6.07, 6.45) is 2.05. The number of likely N-dealkylation sites (tertiary alicyclic amines) is 1. The van der Waals surface area contributed by atoms with Gasteiger partial charge in [0.1, 0.15) is 0 Å². The molecule has 1 aliphatic rings. The number of β-amino-alcohol motifs (C(OH)–C–C–N with tert-alkyl or cyclic N) is 1. The van der Waals surface area contributed by atoms with E-state index in [0.717, 1.165) is 39.0 Å². The lowest BCUT2D eigenvalue weighted by Crippen LogP contribution is -2.48. The molecule has 3 nitrogen and oxygen atoms in total. The van der Waals surface area contributed by atoms with E-state index in [-0.39, 0.29) is 11.5 Å². The van der Waals surface area contributed by atoms with E-state index in [1.807, 2.05) is 0 Å². The van der Waals surface area contributed by atoms with Crippen LogP contribution in [0.15, 0.2) is 0 Å². The van der Waals surface area contributed by atoms with Gasteiger partial charge in [0.15, 0.2) is 0 Å². The molecule has 0 aromatic rings. The molecular formula is C12H26N2O. The molecule has 1 aliphatic heterocycles. The number of rotatable bonds is 4. The molecule has 3 heteroatoms. The minimum absolute atomic E-state index is 0.155. The maximum atomic E-state index is 9.82. The van der Waals surface area contributed by atoms with Gasteiger partial charge in [-0.05, 0) is 37.3 Å². The van der Waals surface area contributed by atoms with Crippen molar-refractivity contribution in [2.24, 2.45) is 17.1 Å². The van der Waals surface area contributed by atoms with Gasteiger partial charge in [0.05, 0.1) is 6.10 Å². The fourth-order valence-electron chi connectivity index (χ4n) is 2.12. The molecule has 0 spiro atoms. The lowest BCUT2D eigenvalue weighted by Gasteiger charge is -2.39. The summed E-state index contributed by atoms with van der Waals surface area (Å²) in [6.45, 7) is 10.2. The van der Waals surface area contributed by atoms with Crippen molar-refractivity contribution in [3.63, 3.8) is 0 Å². The maximum absolute atomic E-state index is 9.82. The fourth-order valence-corrected chi connectivity index (χ4v) is 2.12. The molecule has 1 rings (SSSR count). The largest absolute Gasteiger partial charge is 0.392 e. The van der Waals surface area contributed by atoms with Crippen molar-refractivity contribution in [3.05, 3.63) is 0 Å². The second kappa shape index (κ2) is 5.28. The zero-order chi connectivity index (χ0) is 11.5. The maximum Gasteiger partial charge on any atom is 0.0693 e. The van der Waals surface area contributed by atoms with E-state index in [2.05, 4.69) is 25.7 Å². The molecule has 0 amide bonds. The van der Waals surface area contributed by atoms with E-state index in [4.69, 9.17) is 5.73 Å². The second-order valence-electron chi connectivity index (χ2n) is 5.44. The van der Waals surface area contributed by atoms with Gasteiger partial charge in [-0.2, -0.15) is 0 Å². The molecule has 3 atom stereocenters. The highest BCUT2D eigenvalue weighted by atomic mass is 16.3. The highest BCUT2D eigenvalue weighted by molar-refractivity contribution is 4.83. The van der Waals surface area contributed by atoms with Crippen LogP contribution < -0.4 is 5.73 Å². The third kappa shape index (κ3) is 3.44. The van der Waals surface area contributed by atoms with Gasteiger partial charge in [-0.25, -0.2) is 0 Å². The summed E-state index contributed by atoms with van der Waals surface area (Å²) in [6, 6.07) is 0. The first-order valence-electron chi connectivity index (χ1n) is 6.11. The molecule has 0 bridgehead atoms. The highest BCUT2D eigenvalue weighted by Crippen LogP contribution is 2.24. The van der Waals surface area contributed by atoms with Crippen molar-refractivity contribution in [1.29, 1.82) is 0 Å². The van der Waals surface area contributed by atoms with Crippen LogP contribution in [0.2, 0.25) is 0 Å². The zero-order valence-electron chi connectivity index (χ0n) is 10.4. The van der Waals surface area contributed by atoms with Crippen molar-refractivity contribution >= 4 is 0 Å². The third-order valence-corrected chi connectivity index (χ3v) is 3.95. The Hall–Kier alpha value is -0.120. The predicted octanol–water partition coefficient (Wildman–Crippen LogP) is 1.06. The summed E-state index contributed by atoms with van der Waals surface area (Å²) in [5.41, 5.74) is 6.02. The second-order valence-corrected chi connectivity index (χ2v) is 5.44. The number of nitrogens with two attached hydrogens (primary N) is 1. The molecule has 0 radical (unpaired) electrons. The molecule has 1 heterocycles. The number of aliphatic hydroxyl groups is 1. The molecule has 3 unspecified atom stereocenters. The number of nitrogens with zero attached hydrogens (tertiary/aromatic N) is 1. The molecule has 0 saturated carbocycles. The van der Waals surface area contributed by atoms with Gasteiger partial charge in [0.25, 0.3) is 0 Å². The first kappa shape index (κ1) is 12.9. The fraction of sp³-hybridized carbons (Fsp3) is 1.00. The van der Waals surface area contributed by atoms with Crippen molar-refractivity contribution in [3.8, 4) is 0 Å². The number of hydrogen-bond acceptors (Lipinski definition) is 3. The van der Waals surface area contributed by atoms with Crippen LogP contribution in [-0.2, 0) is 0 Å². The molecule has 3 N–H and O–H groups in total. The Bertz CT molecular complexity index is 192. The van der Waals surface area contributed by atoms with Gasteiger partial charge in [0, 0.05) is 13.1 Å². The van der Waals surface area contributed by atoms with E-state index < -0.39 is 0 Å². The summed E-state index contributed by atoms with van der Waals surface area (Å²) in [7, 11) is 0. The summed E-state index contributed by atoms with van der Waals surface area (Å²) >= 11 is 0. The summed E-state index contributed by atoms with van der Waals surface area (Å²) in [4.78, 5) is 2.36. The van der Waals surface area contributed by atoms with E-state index in [1.54, 1.807) is 0 Å². The van der Waals surface area contributed by atoms with Crippen molar-refractivity contribution < 1.29 is 5.11 Å². The number of hydrogen-bond donors (Lipinski definition) is 2. The quantitative estimate of drug-likeness (QED) is 0.736. The SMILES string of the molecule is CCC(C)(CN)CN1CCC(C)C(O)C1. The Kier molecular flexibility index (Phi) is 4.56. The van der Waals surface area contributed by atoms with Crippen molar-refractivity contribution in [2.75, 3.05) is 26.2 Å². The summed E-state index contributed by atoms with van der Waals surface area (Å²) in [5, 5.41) is 9.82.